The second-order valence-electron chi connectivity index (χ2n) is 3.82. The second kappa shape index (κ2) is 6.51. The summed E-state index contributed by atoms with van der Waals surface area (Å²) >= 11 is 15.3. The van der Waals surface area contributed by atoms with E-state index in [4.69, 9.17) is 32.7 Å². The van der Waals surface area contributed by atoms with Gasteiger partial charge in [-0.1, -0.05) is 39.1 Å². The Morgan fingerprint density at radius 1 is 1.05 bits per heavy atom. The molecular formula is C14H11BrCl2O2. The lowest BCUT2D eigenvalue weighted by molar-refractivity contribution is 0.297. The Bertz CT molecular complexity index is 588. The molecule has 0 saturated heterocycles. The van der Waals surface area contributed by atoms with Gasteiger partial charge in [-0.3, -0.25) is 0 Å². The Labute approximate surface area is 130 Å². The first kappa shape index (κ1) is 14.5. The minimum Gasteiger partial charge on any atom is -0.496 e. The van der Waals surface area contributed by atoms with Gasteiger partial charge in [0, 0.05) is 15.1 Å². The summed E-state index contributed by atoms with van der Waals surface area (Å²) in [7, 11) is 1.63. The van der Waals surface area contributed by atoms with Crippen LogP contribution < -0.4 is 9.47 Å². The number of rotatable bonds is 4. The molecule has 0 aliphatic heterocycles. The van der Waals surface area contributed by atoms with E-state index in [2.05, 4.69) is 15.9 Å². The molecule has 5 heteroatoms. The number of ether oxygens (including phenoxy) is 2. The Balaban J connectivity index is 2.16. The normalized spacial score (nSPS) is 10.3. The van der Waals surface area contributed by atoms with Gasteiger partial charge < -0.3 is 9.47 Å². The molecule has 0 aliphatic carbocycles. The quantitative estimate of drug-likeness (QED) is 0.731. The summed E-state index contributed by atoms with van der Waals surface area (Å²) in [6, 6.07) is 10.9. The van der Waals surface area contributed by atoms with E-state index in [0.29, 0.717) is 22.4 Å². The molecule has 19 heavy (non-hydrogen) atoms. The van der Waals surface area contributed by atoms with Gasteiger partial charge in [0.1, 0.15) is 18.1 Å². The van der Waals surface area contributed by atoms with Gasteiger partial charge in [0.25, 0.3) is 0 Å². The van der Waals surface area contributed by atoms with Crippen molar-refractivity contribution in [3.63, 3.8) is 0 Å². The van der Waals surface area contributed by atoms with E-state index in [0.717, 1.165) is 15.8 Å². The van der Waals surface area contributed by atoms with E-state index in [1.807, 2.05) is 18.2 Å². The van der Waals surface area contributed by atoms with Crippen LogP contribution >= 0.6 is 39.1 Å². The minimum atomic E-state index is 0.365. The average Bonchev–Trinajstić information content (AvgIpc) is 2.38. The summed E-state index contributed by atoms with van der Waals surface area (Å²) in [5.74, 6) is 1.36. The average molecular weight is 362 g/mol. The van der Waals surface area contributed by atoms with Crippen molar-refractivity contribution in [2.24, 2.45) is 0 Å². The maximum absolute atomic E-state index is 6.05. The molecule has 2 nitrogen and oxygen atoms in total. The SMILES string of the molecule is COc1ccc(Br)cc1COc1ccc(Cl)cc1Cl. The van der Waals surface area contributed by atoms with Crippen LogP contribution in [0.4, 0.5) is 0 Å². The third-order valence-electron chi connectivity index (χ3n) is 2.52. The molecule has 0 saturated carbocycles. The third-order valence-corrected chi connectivity index (χ3v) is 3.54. The lowest BCUT2D eigenvalue weighted by atomic mass is 10.2. The number of hydrogen-bond acceptors (Lipinski definition) is 2. The van der Waals surface area contributed by atoms with Crippen molar-refractivity contribution < 1.29 is 9.47 Å². The van der Waals surface area contributed by atoms with E-state index >= 15 is 0 Å². The molecule has 0 unspecified atom stereocenters. The summed E-state index contributed by atoms with van der Waals surface area (Å²) in [5.41, 5.74) is 0.933. The van der Waals surface area contributed by atoms with Crippen LogP contribution in [0.1, 0.15) is 5.56 Å². The van der Waals surface area contributed by atoms with Gasteiger partial charge in [0.05, 0.1) is 12.1 Å². The van der Waals surface area contributed by atoms with Crippen molar-refractivity contribution in [1.29, 1.82) is 0 Å². The molecule has 0 heterocycles. The largest absolute Gasteiger partial charge is 0.496 e. The number of hydrogen-bond donors (Lipinski definition) is 0. The maximum Gasteiger partial charge on any atom is 0.138 e. The molecule has 0 amide bonds. The zero-order valence-corrected chi connectivity index (χ0v) is 13.2. The van der Waals surface area contributed by atoms with E-state index in [9.17, 15) is 0 Å². The van der Waals surface area contributed by atoms with Crippen LogP contribution in [0.25, 0.3) is 0 Å². The Morgan fingerprint density at radius 3 is 2.47 bits per heavy atom. The fraction of sp³-hybridized carbons (Fsp3) is 0.143. The van der Waals surface area contributed by atoms with Crippen LogP contribution in [-0.4, -0.2) is 7.11 Å². The summed E-state index contributed by atoms with van der Waals surface area (Å²) < 4.78 is 11.9. The molecule has 2 aromatic carbocycles. The van der Waals surface area contributed by atoms with Gasteiger partial charge in [-0.05, 0) is 36.4 Å². The molecule has 0 radical (unpaired) electrons. The van der Waals surface area contributed by atoms with Crippen LogP contribution in [0.2, 0.25) is 10.0 Å². The van der Waals surface area contributed by atoms with Crippen molar-refractivity contribution >= 4 is 39.1 Å². The highest BCUT2D eigenvalue weighted by Gasteiger charge is 2.07. The number of halogens is 3. The smallest absolute Gasteiger partial charge is 0.138 e. The molecule has 2 rings (SSSR count). The topological polar surface area (TPSA) is 18.5 Å². The molecule has 100 valence electrons. The van der Waals surface area contributed by atoms with Crippen molar-refractivity contribution in [2.75, 3.05) is 7.11 Å². The van der Waals surface area contributed by atoms with Crippen molar-refractivity contribution in [1.82, 2.24) is 0 Å². The Hall–Kier alpha value is -0.900. The minimum absolute atomic E-state index is 0.365. The van der Waals surface area contributed by atoms with Crippen LogP contribution in [0.3, 0.4) is 0 Å². The van der Waals surface area contributed by atoms with E-state index in [1.165, 1.54) is 0 Å². The Kier molecular flexibility index (Phi) is 4.97. The summed E-state index contributed by atoms with van der Waals surface area (Å²) in [4.78, 5) is 0. The summed E-state index contributed by atoms with van der Waals surface area (Å²) in [6.07, 6.45) is 0. The van der Waals surface area contributed by atoms with E-state index in [-0.39, 0.29) is 0 Å². The summed E-state index contributed by atoms with van der Waals surface area (Å²) in [5, 5.41) is 1.07. The second-order valence-corrected chi connectivity index (χ2v) is 5.58. The summed E-state index contributed by atoms with van der Waals surface area (Å²) in [6.45, 7) is 0.365. The zero-order chi connectivity index (χ0) is 13.8. The molecule has 0 bridgehead atoms. The molecule has 2 aromatic rings. The molecular weight excluding hydrogens is 351 g/mol. The van der Waals surface area contributed by atoms with Gasteiger partial charge >= 0.3 is 0 Å². The van der Waals surface area contributed by atoms with E-state index < -0.39 is 0 Å². The molecule has 0 spiro atoms. The molecule has 0 aliphatic rings. The van der Waals surface area contributed by atoms with Crippen molar-refractivity contribution in [3.8, 4) is 11.5 Å². The lowest BCUT2D eigenvalue weighted by Gasteiger charge is -2.11. The van der Waals surface area contributed by atoms with Gasteiger partial charge in [-0.15, -0.1) is 0 Å². The van der Waals surface area contributed by atoms with Crippen LogP contribution in [0.5, 0.6) is 11.5 Å². The van der Waals surface area contributed by atoms with Gasteiger partial charge in [-0.2, -0.15) is 0 Å². The highest BCUT2D eigenvalue weighted by atomic mass is 79.9. The predicted octanol–water partition coefficient (Wildman–Crippen LogP) is 5.34. The third kappa shape index (κ3) is 3.78. The zero-order valence-electron chi connectivity index (χ0n) is 10.1. The van der Waals surface area contributed by atoms with E-state index in [1.54, 1.807) is 25.3 Å². The Morgan fingerprint density at radius 2 is 1.79 bits per heavy atom. The van der Waals surface area contributed by atoms with Gasteiger partial charge in [-0.25, -0.2) is 0 Å². The predicted molar refractivity (Wildman–Crippen MR) is 81.5 cm³/mol. The molecule has 0 fully saturated rings. The van der Waals surface area contributed by atoms with Crippen LogP contribution in [0.15, 0.2) is 40.9 Å². The van der Waals surface area contributed by atoms with Crippen LogP contribution in [0, 0.1) is 0 Å². The van der Waals surface area contributed by atoms with Crippen molar-refractivity contribution in [3.05, 3.63) is 56.5 Å². The highest BCUT2D eigenvalue weighted by Crippen LogP contribution is 2.30. The monoisotopic (exact) mass is 360 g/mol. The lowest BCUT2D eigenvalue weighted by Crippen LogP contribution is -1.99. The standard InChI is InChI=1S/C14H11BrCl2O2/c1-18-13-4-2-10(15)6-9(13)8-19-14-5-3-11(16)7-12(14)17/h2-7H,8H2,1H3. The molecule has 0 N–H and O–H groups in total. The van der Waals surface area contributed by atoms with Gasteiger partial charge in [0.15, 0.2) is 0 Å². The number of methoxy groups -OCH3 is 1. The van der Waals surface area contributed by atoms with Crippen molar-refractivity contribution in [2.45, 2.75) is 6.61 Å². The fourth-order valence-corrected chi connectivity index (χ4v) is 2.48. The first-order valence-electron chi connectivity index (χ1n) is 5.50. The maximum atomic E-state index is 6.05. The molecule has 0 atom stereocenters. The molecule has 0 aromatic heterocycles. The number of benzene rings is 2. The fourth-order valence-electron chi connectivity index (χ4n) is 1.61. The van der Waals surface area contributed by atoms with Gasteiger partial charge in [0.2, 0.25) is 0 Å². The first-order chi connectivity index (χ1) is 9.10. The highest BCUT2D eigenvalue weighted by molar-refractivity contribution is 9.10. The van der Waals surface area contributed by atoms with Crippen LogP contribution in [-0.2, 0) is 6.61 Å². The first-order valence-corrected chi connectivity index (χ1v) is 7.05.